The summed E-state index contributed by atoms with van der Waals surface area (Å²) in [5, 5.41) is 12.5. The molecule has 0 aliphatic carbocycles. The first kappa shape index (κ1) is 37.1. The molecule has 2 aromatic heterocycles. The van der Waals surface area contributed by atoms with E-state index < -0.39 is 36.6 Å². The Hall–Kier alpha value is -7.04. The first-order valence-corrected chi connectivity index (χ1v) is 23.3. The minimum atomic E-state index is -2.83. The first-order valence-electron chi connectivity index (χ1n) is 26.8. The molecular formula is C63H63N3O. The largest absolute Gasteiger partial charge is 0.507 e. The van der Waals surface area contributed by atoms with Gasteiger partial charge in [-0.3, -0.25) is 9.55 Å². The van der Waals surface area contributed by atoms with Crippen LogP contribution in [0.15, 0.2) is 164 Å². The lowest BCUT2D eigenvalue weighted by molar-refractivity contribution is 0.466. The van der Waals surface area contributed by atoms with Crippen LogP contribution in [-0.4, -0.2) is 19.6 Å². The number of aromatic nitrogens is 3. The lowest BCUT2D eigenvalue weighted by Gasteiger charge is -2.27. The molecule has 2 heterocycles. The molecule has 0 aliphatic heterocycles. The molecule has 0 amide bonds. The van der Waals surface area contributed by atoms with Crippen LogP contribution in [0.5, 0.6) is 5.75 Å². The molecule has 0 bridgehead atoms. The second-order valence-corrected chi connectivity index (χ2v) is 20.4. The van der Waals surface area contributed by atoms with Gasteiger partial charge < -0.3 is 5.11 Å². The molecule has 0 fully saturated rings. The highest BCUT2D eigenvalue weighted by Gasteiger charge is 2.28. The summed E-state index contributed by atoms with van der Waals surface area (Å²) in [6, 6.07) is 43.7. The van der Waals surface area contributed by atoms with Gasteiger partial charge in [0, 0.05) is 27.0 Å². The maximum absolute atomic E-state index is 12.5. The molecule has 7 aromatic carbocycles. The van der Waals surface area contributed by atoms with Gasteiger partial charge >= 0.3 is 0 Å². The van der Waals surface area contributed by atoms with E-state index in [-0.39, 0.29) is 34.0 Å². The lowest BCUT2D eigenvalue weighted by Crippen LogP contribution is -2.14. The highest BCUT2D eigenvalue weighted by atomic mass is 16.3. The van der Waals surface area contributed by atoms with Crippen molar-refractivity contribution in [2.24, 2.45) is 0 Å². The van der Waals surface area contributed by atoms with E-state index in [2.05, 4.69) is 183 Å². The molecule has 0 unspecified atom stereocenters. The fourth-order valence-electron chi connectivity index (χ4n) is 9.04. The summed E-state index contributed by atoms with van der Waals surface area (Å²) < 4.78 is 61.1. The van der Waals surface area contributed by atoms with Crippen LogP contribution >= 0.6 is 0 Å². The maximum atomic E-state index is 12.5. The van der Waals surface area contributed by atoms with Gasteiger partial charge in [0.1, 0.15) is 11.6 Å². The lowest BCUT2D eigenvalue weighted by atomic mass is 9.79. The molecule has 0 atom stereocenters. The van der Waals surface area contributed by atoms with E-state index in [4.69, 9.17) is 19.6 Å². The smallest absolute Gasteiger partial charge is 0.149 e. The number of hydrogen-bond acceptors (Lipinski definition) is 3. The Kier molecular flexibility index (Phi) is 9.77. The Morgan fingerprint density at radius 3 is 1.87 bits per heavy atom. The number of imidazole rings is 1. The molecule has 336 valence electrons. The van der Waals surface area contributed by atoms with E-state index in [1.54, 1.807) is 18.3 Å². The monoisotopic (exact) mass is 885 g/mol. The Bertz CT molecular complexity index is 3590. The fourth-order valence-corrected chi connectivity index (χ4v) is 9.04. The average Bonchev–Trinajstić information content (AvgIpc) is 3.74. The first-order chi connectivity index (χ1) is 34.8. The Morgan fingerprint density at radius 1 is 0.567 bits per heavy atom. The zero-order chi connectivity index (χ0) is 53.3. The summed E-state index contributed by atoms with van der Waals surface area (Å²) in [7, 11) is 0. The third-order valence-electron chi connectivity index (χ3n) is 12.8. The van der Waals surface area contributed by atoms with Gasteiger partial charge in [0.05, 0.1) is 33.5 Å². The predicted molar refractivity (Wildman–Crippen MR) is 283 cm³/mol. The summed E-state index contributed by atoms with van der Waals surface area (Å²) in [6.45, 7) is 18.9. The quantitative estimate of drug-likeness (QED) is 0.157. The van der Waals surface area contributed by atoms with Crippen LogP contribution in [0, 0.1) is 6.85 Å². The van der Waals surface area contributed by atoms with Crippen molar-refractivity contribution in [1.29, 1.82) is 0 Å². The number of benzene rings is 7. The van der Waals surface area contributed by atoms with E-state index in [0.717, 1.165) is 72.4 Å². The van der Waals surface area contributed by atoms with E-state index in [9.17, 15) is 5.11 Å². The summed E-state index contributed by atoms with van der Waals surface area (Å²) in [4.78, 5) is 10.5. The summed E-state index contributed by atoms with van der Waals surface area (Å²) in [6.07, 6.45) is 1.58. The van der Waals surface area contributed by atoms with E-state index in [0.29, 0.717) is 22.6 Å². The van der Waals surface area contributed by atoms with Crippen LogP contribution in [-0.2, 0) is 10.8 Å². The standard InChI is InChI=1S/C63H63N3O/c1-39(2)46-34-51(40(3)4)60(67)54(35-46)61-65-59-50(47-31-48(33-49(32-47)62(6,7)8)56-36-45(29-30-64-56)42-27-25-41(5)26-28-42)23-18-24-57(59)66(61)58-38-52(43-19-14-12-15-20-43)55(63(9,10)11)37-53(58)44-21-16-13-17-22-44/h12-40,67H,1-11H3/i5D3,25D,26D,27D,28D. The van der Waals surface area contributed by atoms with Gasteiger partial charge in [0.2, 0.25) is 0 Å². The number of hydrogen-bond donors (Lipinski definition) is 1. The SMILES string of the molecule is [2H]c1c([2H])c(C([2H])([2H])[2H])c([2H])c([2H])c1-c1ccnc(-c2cc(-c3cccc4c3nc(-c3cc(C(C)C)cc(C(C)C)c3O)n4-c3cc(-c4ccccc4)c(C(C)(C)C)cc3-c3ccccc3)cc(C(C)(C)C)c2)c1. The normalized spacial score (nSPS) is 13.8. The molecule has 0 spiro atoms. The molecule has 9 rings (SSSR count). The van der Waals surface area contributed by atoms with Gasteiger partial charge in [-0.05, 0) is 134 Å². The second-order valence-electron chi connectivity index (χ2n) is 20.4. The van der Waals surface area contributed by atoms with Crippen molar-refractivity contribution in [1.82, 2.24) is 14.5 Å². The molecular weight excluding hydrogens is 815 g/mol. The van der Waals surface area contributed by atoms with Crippen molar-refractivity contribution < 1.29 is 14.7 Å². The third kappa shape index (κ3) is 8.86. The van der Waals surface area contributed by atoms with E-state index in [1.165, 1.54) is 5.56 Å². The highest BCUT2D eigenvalue weighted by molar-refractivity contribution is 5.98. The van der Waals surface area contributed by atoms with E-state index in [1.807, 2.05) is 12.1 Å². The van der Waals surface area contributed by atoms with E-state index >= 15 is 0 Å². The number of phenols is 1. The summed E-state index contributed by atoms with van der Waals surface area (Å²) >= 11 is 0. The molecule has 0 saturated heterocycles. The van der Waals surface area contributed by atoms with Crippen LogP contribution in [0.3, 0.4) is 0 Å². The molecule has 9 aromatic rings. The Balaban J connectivity index is 1.37. The van der Waals surface area contributed by atoms with Gasteiger partial charge in [0.25, 0.3) is 0 Å². The third-order valence-corrected chi connectivity index (χ3v) is 12.8. The number of phenolic OH excluding ortho intramolecular Hbond substituents is 1. The van der Waals surface area contributed by atoms with Crippen molar-refractivity contribution in [3.05, 3.63) is 192 Å². The number of rotatable bonds is 9. The minimum absolute atomic E-state index is 0.00192. The topological polar surface area (TPSA) is 50.9 Å². The number of nitrogens with zero attached hydrogens (tertiary/aromatic N) is 3. The molecule has 0 radical (unpaired) electrons. The van der Waals surface area contributed by atoms with Crippen molar-refractivity contribution in [3.63, 3.8) is 0 Å². The molecule has 1 N–H and O–H groups in total. The van der Waals surface area contributed by atoms with Gasteiger partial charge in [-0.1, -0.05) is 184 Å². The Labute approximate surface area is 407 Å². The van der Waals surface area contributed by atoms with Crippen LogP contribution in [0.4, 0.5) is 0 Å². The van der Waals surface area contributed by atoms with Crippen LogP contribution in [0.2, 0.25) is 0 Å². The summed E-state index contributed by atoms with van der Waals surface area (Å²) in [5.41, 5.74) is 13.7. The molecule has 4 nitrogen and oxygen atoms in total. The number of pyridine rings is 1. The number of fused-ring (bicyclic) bond motifs is 1. The zero-order valence-corrected chi connectivity index (χ0v) is 40.2. The summed E-state index contributed by atoms with van der Waals surface area (Å²) in [5.74, 6) is 0.980. The number of aromatic hydroxyl groups is 1. The molecule has 67 heavy (non-hydrogen) atoms. The predicted octanol–water partition coefficient (Wildman–Crippen LogP) is 17.3. The fraction of sp³-hybridized carbons (Fsp3) is 0.238. The molecule has 0 aliphatic rings. The van der Waals surface area contributed by atoms with Gasteiger partial charge in [-0.15, -0.1) is 0 Å². The second kappa shape index (κ2) is 17.6. The van der Waals surface area contributed by atoms with Crippen molar-refractivity contribution in [2.75, 3.05) is 0 Å². The highest BCUT2D eigenvalue weighted by Crippen LogP contribution is 2.47. The average molecular weight is 885 g/mol. The van der Waals surface area contributed by atoms with Gasteiger partial charge in [0.15, 0.2) is 0 Å². The Morgan fingerprint density at radius 2 is 1.24 bits per heavy atom. The van der Waals surface area contributed by atoms with Crippen LogP contribution in [0.25, 0.3) is 83.9 Å². The van der Waals surface area contributed by atoms with Gasteiger partial charge in [-0.2, -0.15) is 0 Å². The van der Waals surface area contributed by atoms with Crippen molar-refractivity contribution in [3.8, 4) is 78.6 Å². The van der Waals surface area contributed by atoms with Crippen LogP contribution in [0.1, 0.15) is 118 Å². The zero-order valence-electron chi connectivity index (χ0n) is 47.2. The van der Waals surface area contributed by atoms with Crippen LogP contribution < -0.4 is 0 Å². The molecule has 4 heteroatoms. The minimum Gasteiger partial charge on any atom is -0.507 e. The number of para-hydroxylation sites is 1. The maximum Gasteiger partial charge on any atom is 0.149 e. The van der Waals surface area contributed by atoms with Gasteiger partial charge in [-0.25, -0.2) is 4.98 Å². The van der Waals surface area contributed by atoms with Crippen molar-refractivity contribution in [2.45, 2.75) is 98.8 Å². The van der Waals surface area contributed by atoms with Crippen molar-refractivity contribution >= 4 is 11.0 Å². The molecule has 0 saturated carbocycles.